The van der Waals surface area contributed by atoms with E-state index in [2.05, 4.69) is 10.3 Å². The SMILES string of the molecule is COCC(CO)NC(=O)c1cncc(O)c1. The van der Waals surface area contributed by atoms with Gasteiger partial charge in [0.25, 0.3) is 5.91 Å². The van der Waals surface area contributed by atoms with Gasteiger partial charge in [-0.3, -0.25) is 9.78 Å². The van der Waals surface area contributed by atoms with Crippen LogP contribution < -0.4 is 5.32 Å². The van der Waals surface area contributed by atoms with Gasteiger partial charge in [0.1, 0.15) is 5.75 Å². The summed E-state index contributed by atoms with van der Waals surface area (Å²) in [6.45, 7) is 0.000306. The summed E-state index contributed by atoms with van der Waals surface area (Å²) >= 11 is 0. The fraction of sp³-hybridized carbons (Fsp3) is 0.400. The van der Waals surface area contributed by atoms with Crippen LogP contribution in [0.5, 0.6) is 5.75 Å². The van der Waals surface area contributed by atoms with Crippen LogP contribution in [0, 0.1) is 0 Å². The molecule has 0 aromatic carbocycles. The lowest BCUT2D eigenvalue weighted by atomic mass is 10.2. The summed E-state index contributed by atoms with van der Waals surface area (Å²) in [4.78, 5) is 15.3. The number of aromatic nitrogens is 1. The Morgan fingerprint density at radius 1 is 1.62 bits per heavy atom. The minimum absolute atomic E-state index is 0.0834. The lowest BCUT2D eigenvalue weighted by Crippen LogP contribution is -2.40. The van der Waals surface area contributed by atoms with E-state index in [0.29, 0.717) is 0 Å². The first-order valence-electron chi connectivity index (χ1n) is 4.72. The molecule has 1 atom stereocenters. The standard InChI is InChI=1S/C10H14N2O4/c1-16-6-8(5-13)12-10(15)7-2-9(14)4-11-3-7/h2-4,8,13-14H,5-6H2,1H3,(H,12,15). The Kier molecular flexibility index (Phi) is 4.68. The van der Waals surface area contributed by atoms with E-state index in [1.165, 1.54) is 25.6 Å². The maximum Gasteiger partial charge on any atom is 0.253 e. The van der Waals surface area contributed by atoms with E-state index in [9.17, 15) is 4.79 Å². The van der Waals surface area contributed by atoms with Crippen molar-refractivity contribution in [3.8, 4) is 5.75 Å². The van der Waals surface area contributed by atoms with Gasteiger partial charge in [0.2, 0.25) is 0 Å². The summed E-state index contributed by atoms with van der Waals surface area (Å²) in [7, 11) is 1.48. The van der Waals surface area contributed by atoms with Gasteiger partial charge in [-0.2, -0.15) is 0 Å². The van der Waals surface area contributed by atoms with Crippen LogP contribution in [0.2, 0.25) is 0 Å². The van der Waals surface area contributed by atoms with Crippen LogP contribution in [0.3, 0.4) is 0 Å². The molecule has 1 amide bonds. The monoisotopic (exact) mass is 226 g/mol. The molecular formula is C10H14N2O4. The molecule has 0 bridgehead atoms. The Bertz CT molecular complexity index is 356. The van der Waals surface area contributed by atoms with Gasteiger partial charge in [-0.05, 0) is 6.07 Å². The van der Waals surface area contributed by atoms with E-state index < -0.39 is 11.9 Å². The van der Waals surface area contributed by atoms with Gasteiger partial charge in [0.15, 0.2) is 0 Å². The highest BCUT2D eigenvalue weighted by atomic mass is 16.5. The number of methoxy groups -OCH3 is 1. The van der Waals surface area contributed by atoms with Crippen LogP contribution in [0.15, 0.2) is 18.5 Å². The Balaban J connectivity index is 2.64. The molecule has 0 saturated carbocycles. The van der Waals surface area contributed by atoms with E-state index in [1.807, 2.05) is 0 Å². The summed E-state index contributed by atoms with van der Waals surface area (Å²) in [5, 5.41) is 20.6. The number of carbonyl (C=O) groups is 1. The third-order valence-corrected chi connectivity index (χ3v) is 1.91. The lowest BCUT2D eigenvalue weighted by molar-refractivity contribution is 0.0839. The van der Waals surface area contributed by atoms with Crippen LogP contribution in [-0.4, -0.2) is 47.5 Å². The first kappa shape index (κ1) is 12.4. The molecule has 6 nitrogen and oxygen atoms in total. The number of ether oxygens (including phenoxy) is 1. The van der Waals surface area contributed by atoms with E-state index in [4.69, 9.17) is 14.9 Å². The average molecular weight is 226 g/mol. The summed E-state index contributed by atoms with van der Waals surface area (Å²) in [6.07, 6.45) is 2.56. The molecular weight excluding hydrogens is 212 g/mol. The average Bonchev–Trinajstić information content (AvgIpc) is 2.28. The highest BCUT2D eigenvalue weighted by Gasteiger charge is 2.13. The van der Waals surface area contributed by atoms with Gasteiger partial charge in [-0.15, -0.1) is 0 Å². The molecule has 1 rings (SSSR count). The number of amides is 1. The Morgan fingerprint density at radius 2 is 2.38 bits per heavy atom. The zero-order valence-corrected chi connectivity index (χ0v) is 8.88. The van der Waals surface area contributed by atoms with Crippen LogP contribution in [0.4, 0.5) is 0 Å². The van der Waals surface area contributed by atoms with Crippen molar-refractivity contribution in [2.75, 3.05) is 20.3 Å². The van der Waals surface area contributed by atoms with Crippen molar-refractivity contribution in [3.05, 3.63) is 24.0 Å². The van der Waals surface area contributed by atoms with Crippen LogP contribution in [0.25, 0.3) is 0 Å². The van der Waals surface area contributed by atoms with Crippen molar-refractivity contribution in [1.29, 1.82) is 0 Å². The Morgan fingerprint density at radius 3 is 2.94 bits per heavy atom. The maximum atomic E-state index is 11.6. The summed E-state index contributed by atoms with van der Waals surface area (Å²) in [6, 6.07) is 0.823. The second kappa shape index (κ2) is 6.04. The van der Waals surface area contributed by atoms with Crippen molar-refractivity contribution in [1.82, 2.24) is 10.3 Å². The highest BCUT2D eigenvalue weighted by molar-refractivity contribution is 5.94. The number of pyridine rings is 1. The molecule has 1 aromatic heterocycles. The molecule has 0 saturated heterocycles. The molecule has 3 N–H and O–H groups in total. The largest absolute Gasteiger partial charge is 0.506 e. The normalized spacial score (nSPS) is 12.1. The maximum absolute atomic E-state index is 11.6. The number of aromatic hydroxyl groups is 1. The molecule has 1 aromatic rings. The van der Waals surface area contributed by atoms with Crippen molar-refractivity contribution in [3.63, 3.8) is 0 Å². The Hall–Kier alpha value is -1.66. The second-order valence-electron chi connectivity index (χ2n) is 3.24. The molecule has 1 heterocycles. The number of nitrogens with zero attached hydrogens (tertiary/aromatic N) is 1. The number of carbonyl (C=O) groups excluding carboxylic acids is 1. The highest BCUT2D eigenvalue weighted by Crippen LogP contribution is 2.08. The number of hydrogen-bond donors (Lipinski definition) is 3. The van der Waals surface area contributed by atoms with Crippen LogP contribution in [-0.2, 0) is 4.74 Å². The molecule has 0 aliphatic heterocycles. The number of nitrogens with one attached hydrogen (secondary N) is 1. The molecule has 0 aliphatic carbocycles. The van der Waals surface area contributed by atoms with Crippen molar-refractivity contribution < 1.29 is 19.7 Å². The van der Waals surface area contributed by atoms with E-state index in [-0.39, 0.29) is 24.5 Å². The third kappa shape index (κ3) is 3.48. The third-order valence-electron chi connectivity index (χ3n) is 1.91. The van der Waals surface area contributed by atoms with Gasteiger partial charge >= 0.3 is 0 Å². The van der Waals surface area contributed by atoms with E-state index in [1.54, 1.807) is 0 Å². The minimum atomic E-state index is -0.472. The second-order valence-corrected chi connectivity index (χ2v) is 3.24. The molecule has 0 radical (unpaired) electrons. The zero-order chi connectivity index (χ0) is 12.0. The lowest BCUT2D eigenvalue weighted by Gasteiger charge is -2.14. The fourth-order valence-electron chi connectivity index (χ4n) is 1.16. The minimum Gasteiger partial charge on any atom is -0.506 e. The molecule has 1 unspecified atom stereocenters. The molecule has 0 fully saturated rings. The van der Waals surface area contributed by atoms with Crippen molar-refractivity contribution in [2.45, 2.75) is 6.04 Å². The van der Waals surface area contributed by atoms with Gasteiger partial charge in [0.05, 0.1) is 31.0 Å². The summed E-state index contributed by atoms with van der Waals surface area (Å²) in [5.74, 6) is -0.501. The summed E-state index contributed by atoms with van der Waals surface area (Å²) in [5.41, 5.74) is 0.231. The molecule has 0 spiro atoms. The van der Waals surface area contributed by atoms with Gasteiger partial charge < -0.3 is 20.3 Å². The topological polar surface area (TPSA) is 91.7 Å². The van der Waals surface area contributed by atoms with E-state index >= 15 is 0 Å². The summed E-state index contributed by atoms with van der Waals surface area (Å²) < 4.78 is 4.82. The number of aliphatic hydroxyl groups is 1. The van der Waals surface area contributed by atoms with E-state index in [0.717, 1.165) is 0 Å². The first-order chi connectivity index (χ1) is 7.67. The Labute approximate surface area is 92.9 Å². The molecule has 0 aliphatic rings. The molecule has 6 heteroatoms. The number of hydrogen-bond acceptors (Lipinski definition) is 5. The van der Waals surface area contributed by atoms with Gasteiger partial charge in [0, 0.05) is 13.3 Å². The van der Waals surface area contributed by atoms with Crippen molar-refractivity contribution in [2.24, 2.45) is 0 Å². The smallest absolute Gasteiger partial charge is 0.253 e. The molecule has 16 heavy (non-hydrogen) atoms. The molecule has 88 valence electrons. The quantitative estimate of drug-likeness (QED) is 0.631. The number of aliphatic hydroxyl groups excluding tert-OH is 1. The van der Waals surface area contributed by atoms with Gasteiger partial charge in [-0.1, -0.05) is 0 Å². The van der Waals surface area contributed by atoms with Gasteiger partial charge in [-0.25, -0.2) is 0 Å². The predicted molar refractivity (Wildman–Crippen MR) is 56.1 cm³/mol. The zero-order valence-electron chi connectivity index (χ0n) is 8.88. The first-order valence-corrected chi connectivity index (χ1v) is 4.72. The van der Waals surface area contributed by atoms with Crippen LogP contribution >= 0.6 is 0 Å². The predicted octanol–water partition coefficient (Wildman–Crippen LogP) is -0.476. The fourth-order valence-corrected chi connectivity index (χ4v) is 1.16. The number of rotatable bonds is 5. The van der Waals surface area contributed by atoms with Crippen LogP contribution in [0.1, 0.15) is 10.4 Å². The van der Waals surface area contributed by atoms with Crippen molar-refractivity contribution >= 4 is 5.91 Å².